The molecular weight excluding hydrogens is 334 g/mol. The summed E-state index contributed by atoms with van der Waals surface area (Å²) in [6.45, 7) is 1.89. The molecule has 2 amide bonds. The van der Waals surface area contributed by atoms with Crippen molar-refractivity contribution < 1.29 is 9.59 Å². The fourth-order valence-electron chi connectivity index (χ4n) is 2.68. The van der Waals surface area contributed by atoms with E-state index in [1.807, 2.05) is 0 Å². The zero-order valence-electron chi connectivity index (χ0n) is 12.6. The van der Waals surface area contributed by atoms with Gasteiger partial charge in [0.2, 0.25) is 5.91 Å². The second kappa shape index (κ2) is 7.36. The summed E-state index contributed by atoms with van der Waals surface area (Å²) in [6, 6.07) is 6.96. The van der Waals surface area contributed by atoms with Gasteiger partial charge in [0.25, 0.3) is 5.91 Å². The Morgan fingerprint density at radius 1 is 1.35 bits per heavy atom. The number of piperidine rings is 1. The van der Waals surface area contributed by atoms with Crippen molar-refractivity contribution in [3.05, 3.63) is 29.3 Å². The normalized spacial score (nSPS) is 21.3. The number of anilines is 1. The number of hydrogen-bond donors (Lipinski definition) is 1. The zero-order valence-corrected chi connectivity index (χ0v) is 14.2. The highest BCUT2D eigenvalue weighted by atomic mass is 35.5. The van der Waals surface area contributed by atoms with Crippen molar-refractivity contribution in [3.63, 3.8) is 0 Å². The van der Waals surface area contributed by atoms with Gasteiger partial charge in [-0.15, -0.1) is 0 Å². The summed E-state index contributed by atoms with van der Waals surface area (Å²) in [7, 11) is 0. The van der Waals surface area contributed by atoms with Crippen molar-refractivity contribution in [1.29, 1.82) is 0 Å². The summed E-state index contributed by atoms with van der Waals surface area (Å²) in [6.07, 6.45) is 3.62. The van der Waals surface area contributed by atoms with E-state index in [2.05, 4.69) is 15.2 Å². The highest BCUT2D eigenvalue weighted by Crippen LogP contribution is 2.29. The summed E-state index contributed by atoms with van der Waals surface area (Å²) in [5.74, 6) is -0.412. The molecule has 0 spiro atoms. The molecule has 0 bridgehead atoms. The van der Waals surface area contributed by atoms with Gasteiger partial charge in [-0.05, 0) is 37.5 Å². The van der Waals surface area contributed by atoms with Gasteiger partial charge in [0.1, 0.15) is 5.25 Å². The van der Waals surface area contributed by atoms with E-state index in [1.54, 1.807) is 24.3 Å². The molecule has 1 saturated heterocycles. The number of aliphatic imine (C=N–C) groups is 1. The highest BCUT2D eigenvalue weighted by molar-refractivity contribution is 8.15. The van der Waals surface area contributed by atoms with Crippen LogP contribution in [0.1, 0.15) is 25.7 Å². The number of hydrogen-bond acceptors (Lipinski definition) is 4. The molecule has 1 unspecified atom stereocenters. The van der Waals surface area contributed by atoms with E-state index in [0.717, 1.165) is 31.1 Å². The molecule has 23 heavy (non-hydrogen) atoms. The molecular formula is C16H18ClN3O2S. The maximum absolute atomic E-state index is 12.1. The molecule has 5 nitrogen and oxygen atoms in total. The van der Waals surface area contributed by atoms with Crippen molar-refractivity contribution in [2.24, 2.45) is 4.99 Å². The molecule has 2 aliphatic rings. The Bertz CT molecular complexity index is 644. The summed E-state index contributed by atoms with van der Waals surface area (Å²) >= 11 is 7.30. The van der Waals surface area contributed by atoms with Gasteiger partial charge in [-0.2, -0.15) is 4.99 Å². The van der Waals surface area contributed by atoms with Crippen LogP contribution in [0.4, 0.5) is 5.69 Å². The van der Waals surface area contributed by atoms with Crippen LogP contribution >= 0.6 is 23.4 Å². The number of carbonyl (C=O) groups excluding carboxylic acids is 2. The molecule has 0 aromatic heterocycles. The highest BCUT2D eigenvalue weighted by Gasteiger charge is 2.33. The average molecular weight is 352 g/mol. The number of rotatable bonds is 3. The average Bonchev–Trinajstić information content (AvgIpc) is 2.89. The van der Waals surface area contributed by atoms with Gasteiger partial charge in [0.05, 0.1) is 0 Å². The summed E-state index contributed by atoms with van der Waals surface area (Å²) in [4.78, 5) is 30.4. The van der Waals surface area contributed by atoms with Crippen LogP contribution in [-0.2, 0) is 9.59 Å². The number of amidine groups is 1. The molecule has 1 atom stereocenters. The van der Waals surface area contributed by atoms with Crippen LogP contribution in [0.15, 0.2) is 29.3 Å². The fraction of sp³-hybridized carbons (Fsp3) is 0.438. The third kappa shape index (κ3) is 4.26. The van der Waals surface area contributed by atoms with Crippen LogP contribution in [0.2, 0.25) is 5.02 Å². The lowest BCUT2D eigenvalue weighted by atomic mass is 10.1. The van der Waals surface area contributed by atoms with Gasteiger partial charge in [0, 0.05) is 30.2 Å². The smallest absolute Gasteiger partial charge is 0.262 e. The molecule has 7 heteroatoms. The standard InChI is InChI=1S/C16H18ClN3O2S/c17-11-5-4-6-12(9-11)18-14(21)10-13-15(22)19-16(23-13)20-7-2-1-3-8-20/h4-6,9,13H,1-3,7-8,10H2,(H,18,21). The van der Waals surface area contributed by atoms with Gasteiger partial charge in [-0.1, -0.05) is 29.4 Å². The van der Waals surface area contributed by atoms with Crippen LogP contribution in [0.3, 0.4) is 0 Å². The largest absolute Gasteiger partial charge is 0.351 e. The molecule has 1 aromatic carbocycles. The van der Waals surface area contributed by atoms with E-state index in [9.17, 15) is 9.59 Å². The number of likely N-dealkylation sites (tertiary alicyclic amines) is 1. The van der Waals surface area contributed by atoms with E-state index in [1.165, 1.54) is 18.2 Å². The molecule has 0 saturated carbocycles. The van der Waals surface area contributed by atoms with E-state index in [4.69, 9.17) is 11.6 Å². The van der Waals surface area contributed by atoms with Crippen LogP contribution in [0, 0.1) is 0 Å². The third-order valence-electron chi connectivity index (χ3n) is 3.83. The van der Waals surface area contributed by atoms with Gasteiger partial charge in [-0.25, -0.2) is 0 Å². The van der Waals surface area contributed by atoms with E-state index in [-0.39, 0.29) is 18.2 Å². The number of carbonyl (C=O) groups is 2. The monoisotopic (exact) mass is 351 g/mol. The SMILES string of the molecule is O=C(CC1SC(N2CCCCC2)=NC1=O)Nc1cccc(Cl)c1. The van der Waals surface area contributed by atoms with Crippen molar-refractivity contribution in [3.8, 4) is 0 Å². The first-order valence-corrected chi connectivity index (χ1v) is 8.97. The van der Waals surface area contributed by atoms with Crippen LogP contribution < -0.4 is 5.32 Å². The number of nitrogens with zero attached hydrogens (tertiary/aromatic N) is 2. The fourth-order valence-corrected chi connectivity index (χ4v) is 3.98. The predicted octanol–water partition coefficient (Wildman–Crippen LogP) is 3.15. The maximum Gasteiger partial charge on any atom is 0.262 e. The number of benzene rings is 1. The number of thioether (sulfide) groups is 1. The lowest BCUT2D eigenvalue weighted by Crippen LogP contribution is -2.33. The molecule has 0 aliphatic carbocycles. The molecule has 1 aromatic rings. The quantitative estimate of drug-likeness (QED) is 0.908. The molecule has 2 heterocycles. The van der Waals surface area contributed by atoms with Gasteiger partial charge in [0.15, 0.2) is 5.17 Å². The van der Waals surface area contributed by atoms with Crippen molar-refractivity contribution in [2.75, 3.05) is 18.4 Å². The Morgan fingerprint density at radius 3 is 2.87 bits per heavy atom. The Kier molecular flexibility index (Phi) is 5.23. The van der Waals surface area contributed by atoms with Crippen molar-refractivity contribution >= 4 is 46.0 Å². The molecule has 1 fully saturated rings. The minimum absolute atomic E-state index is 0.122. The van der Waals surface area contributed by atoms with E-state index >= 15 is 0 Å². The molecule has 0 radical (unpaired) electrons. The maximum atomic E-state index is 12.1. The third-order valence-corrected chi connectivity index (χ3v) is 5.28. The minimum atomic E-state index is -0.425. The zero-order chi connectivity index (χ0) is 16.2. The van der Waals surface area contributed by atoms with Gasteiger partial charge in [-0.3, -0.25) is 9.59 Å². The first-order chi connectivity index (χ1) is 11.1. The van der Waals surface area contributed by atoms with Gasteiger partial charge >= 0.3 is 0 Å². The van der Waals surface area contributed by atoms with Gasteiger partial charge < -0.3 is 10.2 Å². The van der Waals surface area contributed by atoms with Crippen LogP contribution in [0.5, 0.6) is 0 Å². The molecule has 2 aliphatic heterocycles. The van der Waals surface area contributed by atoms with Crippen molar-refractivity contribution in [2.45, 2.75) is 30.9 Å². The van der Waals surface area contributed by atoms with E-state index < -0.39 is 5.25 Å². The molecule has 122 valence electrons. The lowest BCUT2D eigenvalue weighted by molar-refractivity contribution is -0.121. The molecule has 3 rings (SSSR count). The predicted molar refractivity (Wildman–Crippen MR) is 93.9 cm³/mol. The van der Waals surface area contributed by atoms with Crippen molar-refractivity contribution in [1.82, 2.24) is 4.90 Å². The number of halogens is 1. The van der Waals surface area contributed by atoms with Crippen LogP contribution in [-0.4, -0.2) is 40.2 Å². The second-order valence-electron chi connectivity index (χ2n) is 5.65. The Labute approximate surface area is 144 Å². The minimum Gasteiger partial charge on any atom is -0.351 e. The first kappa shape index (κ1) is 16.3. The summed E-state index contributed by atoms with van der Waals surface area (Å²) < 4.78 is 0. The Balaban J connectivity index is 1.54. The number of amides is 2. The summed E-state index contributed by atoms with van der Waals surface area (Å²) in [5, 5.41) is 3.68. The summed E-state index contributed by atoms with van der Waals surface area (Å²) in [5.41, 5.74) is 0.634. The number of nitrogens with one attached hydrogen (secondary N) is 1. The van der Waals surface area contributed by atoms with E-state index in [0.29, 0.717) is 10.7 Å². The van der Waals surface area contributed by atoms with Crippen LogP contribution in [0.25, 0.3) is 0 Å². The second-order valence-corrected chi connectivity index (χ2v) is 7.26. The first-order valence-electron chi connectivity index (χ1n) is 7.71. The Morgan fingerprint density at radius 2 is 2.13 bits per heavy atom. The topological polar surface area (TPSA) is 61.8 Å². The lowest BCUT2D eigenvalue weighted by Gasteiger charge is -2.27. The molecule has 1 N–H and O–H groups in total. The Hall–Kier alpha value is -1.53.